The van der Waals surface area contributed by atoms with E-state index >= 15 is 0 Å². The van der Waals surface area contributed by atoms with Crippen LogP contribution in [-0.4, -0.2) is 56.0 Å². The number of hydrogen-bond donors (Lipinski definition) is 2. The van der Waals surface area contributed by atoms with Gasteiger partial charge in [-0.05, 0) is 18.2 Å². The van der Waals surface area contributed by atoms with Gasteiger partial charge in [0, 0.05) is 18.0 Å². The van der Waals surface area contributed by atoms with Crippen molar-refractivity contribution in [2.24, 2.45) is 0 Å². The molecule has 8 nitrogen and oxygen atoms in total. The molecule has 0 aliphatic carbocycles. The first-order valence-corrected chi connectivity index (χ1v) is 5.91. The van der Waals surface area contributed by atoms with Gasteiger partial charge in [-0.15, -0.1) is 0 Å². The first kappa shape index (κ1) is 14.4. The Balaban J connectivity index is 2.32. The third-order valence-electron chi connectivity index (χ3n) is 2.66. The Kier molecular flexibility index (Phi) is 4.07. The summed E-state index contributed by atoms with van der Waals surface area (Å²) in [4.78, 5) is 42.5. The summed E-state index contributed by atoms with van der Waals surface area (Å²) in [6.45, 7) is -1.38. The van der Waals surface area contributed by atoms with E-state index in [9.17, 15) is 14.4 Å². The number of hydrogen-bond acceptors (Lipinski definition) is 5. The lowest BCUT2D eigenvalue weighted by atomic mass is 10.1. The third-order valence-corrected chi connectivity index (χ3v) is 2.66. The molecule has 108 valence electrons. The van der Waals surface area contributed by atoms with E-state index in [0.29, 0.717) is 11.0 Å². The minimum atomic E-state index is -1.29. The lowest BCUT2D eigenvalue weighted by Gasteiger charge is -2.18. The molecule has 0 saturated carbocycles. The van der Waals surface area contributed by atoms with Crippen LogP contribution in [0.25, 0.3) is 11.0 Å². The maximum Gasteiger partial charge on any atom is 0.323 e. The highest BCUT2D eigenvalue weighted by Gasteiger charge is 2.21. The van der Waals surface area contributed by atoms with Crippen LogP contribution in [0.2, 0.25) is 0 Å². The first-order valence-electron chi connectivity index (χ1n) is 5.91. The Labute approximate surface area is 118 Å². The van der Waals surface area contributed by atoms with E-state index in [-0.39, 0.29) is 5.56 Å². The molecule has 1 aromatic heterocycles. The Morgan fingerprint density at radius 1 is 0.952 bits per heavy atom. The molecule has 21 heavy (non-hydrogen) atoms. The number of amides is 1. The maximum atomic E-state index is 12.2. The van der Waals surface area contributed by atoms with Crippen LogP contribution in [0.15, 0.2) is 30.6 Å². The Hall–Kier alpha value is -3.03. The number of rotatable bonds is 5. The van der Waals surface area contributed by atoms with Gasteiger partial charge in [-0.2, -0.15) is 0 Å². The molecule has 0 aliphatic rings. The van der Waals surface area contributed by atoms with Crippen LogP contribution < -0.4 is 0 Å². The minimum Gasteiger partial charge on any atom is -0.480 e. The van der Waals surface area contributed by atoms with E-state index in [1.165, 1.54) is 24.5 Å². The van der Waals surface area contributed by atoms with Crippen LogP contribution in [0, 0.1) is 0 Å². The molecular weight excluding hydrogens is 278 g/mol. The zero-order chi connectivity index (χ0) is 15.4. The summed E-state index contributed by atoms with van der Waals surface area (Å²) >= 11 is 0. The topological polar surface area (TPSA) is 121 Å². The number of carboxylic acid groups (broad SMARTS) is 2. The molecule has 2 rings (SSSR count). The third kappa shape index (κ3) is 3.50. The number of carbonyl (C=O) groups is 3. The standard InChI is InChI=1S/C13H11N3O5/c17-11(18)6-16(7-12(19)20)13(21)8-1-2-9-10(5-8)15-4-3-14-9/h1-5H,6-7H2,(H,17,18)(H,19,20). The summed E-state index contributed by atoms with van der Waals surface area (Å²) in [5, 5.41) is 17.5. The van der Waals surface area contributed by atoms with Crippen molar-refractivity contribution < 1.29 is 24.6 Å². The van der Waals surface area contributed by atoms with Crippen molar-refractivity contribution in [3.05, 3.63) is 36.2 Å². The van der Waals surface area contributed by atoms with E-state index in [1.54, 1.807) is 6.07 Å². The summed E-state index contributed by atoms with van der Waals surface area (Å²) in [5.41, 5.74) is 1.21. The van der Waals surface area contributed by atoms with Gasteiger partial charge in [0.15, 0.2) is 0 Å². The lowest BCUT2D eigenvalue weighted by Crippen LogP contribution is -2.39. The fourth-order valence-corrected chi connectivity index (χ4v) is 1.80. The monoisotopic (exact) mass is 289 g/mol. The molecule has 0 bridgehead atoms. The zero-order valence-electron chi connectivity index (χ0n) is 10.8. The van der Waals surface area contributed by atoms with Gasteiger partial charge < -0.3 is 15.1 Å². The predicted molar refractivity (Wildman–Crippen MR) is 70.7 cm³/mol. The molecular formula is C13H11N3O5. The number of aliphatic carboxylic acids is 2. The largest absolute Gasteiger partial charge is 0.480 e. The Bertz CT molecular complexity index is 700. The van der Waals surface area contributed by atoms with Gasteiger partial charge in [-0.25, -0.2) is 0 Å². The van der Waals surface area contributed by atoms with Crippen LogP contribution in [-0.2, 0) is 9.59 Å². The molecule has 0 spiro atoms. The predicted octanol–water partition coefficient (Wildman–Crippen LogP) is 0.241. The van der Waals surface area contributed by atoms with E-state index in [4.69, 9.17) is 10.2 Å². The van der Waals surface area contributed by atoms with Gasteiger partial charge in [0.05, 0.1) is 11.0 Å². The number of nitrogens with zero attached hydrogens (tertiary/aromatic N) is 3. The van der Waals surface area contributed by atoms with E-state index in [2.05, 4.69) is 9.97 Å². The summed E-state index contributed by atoms with van der Waals surface area (Å²) in [6.07, 6.45) is 2.97. The van der Waals surface area contributed by atoms with Crippen molar-refractivity contribution in [3.8, 4) is 0 Å². The molecule has 1 aromatic carbocycles. The van der Waals surface area contributed by atoms with Gasteiger partial charge in [-0.3, -0.25) is 24.4 Å². The number of aromatic nitrogens is 2. The summed E-state index contributed by atoms with van der Waals surface area (Å²) < 4.78 is 0. The molecule has 2 N–H and O–H groups in total. The van der Waals surface area contributed by atoms with Gasteiger partial charge in [0.1, 0.15) is 13.1 Å². The second-order valence-electron chi connectivity index (χ2n) is 4.21. The molecule has 1 heterocycles. The molecule has 0 unspecified atom stereocenters. The van der Waals surface area contributed by atoms with Crippen molar-refractivity contribution in [1.82, 2.24) is 14.9 Å². The van der Waals surface area contributed by atoms with Gasteiger partial charge >= 0.3 is 11.9 Å². The molecule has 0 aliphatic heterocycles. The van der Waals surface area contributed by atoms with Gasteiger partial charge in [0.25, 0.3) is 5.91 Å². The van der Waals surface area contributed by atoms with Gasteiger partial charge in [-0.1, -0.05) is 0 Å². The zero-order valence-corrected chi connectivity index (χ0v) is 10.8. The van der Waals surface area contributed by atoms with E-state index in [0.717, 1.165) is 4.90 Å². The fraction of sp³-hybridized carbons (Fsp3) is 0.154. The first-order chi connectivity index (χ1) is 9.97. The van der Waals surface area contributed by atoms with E-state index < -0.39 is 30.9 Å². The fourth-order valence-electron chi connectivity index (χ4n) is 1.80. The highest BCUT2D eigenvalue weighted by molar-refractivity contribution is 5.99. The van der Waals surface area contributed by atoms with Crippen LogP contribution >= 0.6 is 0 Å². The van der Waals surface area contributed by atoms with Gasteiger partial charge in [0.2, 0.25) is 0 Å². The molecule has 8 heteroatoms. The number of carboxylic acids is 2. The van der Waals surface area contributed by atoms with Crippen molar-refractivity contribution in [2.75, 3.05) is 13.1 Å². The van der Waals surface area contributed by atoms with Crippen molar-refractivity contribution in [1.29, 1.82) is 0 Å². The number of fused-ring (bicyclic) bond motifs is 1. The minimum absolute atomic E-state index is 0.158. The Morgan fingerprint density at radius 3 is 2.10 bits per heavy atom. The summed E-state index contributed by atoms with van der Waals surface area (Å²) in [7, 11) is 0. The normalized spacial score (nSPS) is 10.3. The van der Waals surface area contributed by atoms with Crippen molar-refractivity contribution >= 4 is 28.9 Å². The Morgan fingerprint density at radius 2 is 1.52 bits per heavy atom. The number of benzene rings is 1. The molecule has 0 saturated heterocycles. The summed E-state index contributed by atoms with van der Waals surface area (Å²) in [6, 6.07) is 4.46. The quantitative estimate of drug-likeness (QED) is 0.808. The van der Waals surface area contributed by atoms with Crippen molar-refractivity contribution in [3.63, 3.8) is 0 Å². The molecule has 0 radical (unpaired) electrons. The van der Waals surface area contributed by atoms with Crippen LogP contribution in [0.5, 0.6) is 0 Å². The highest BCUT2D eigenvalue weighted by atomic mass is 16.4. The average molecular weight is 289 g/mol. The molecule has 2 aromatic rings. The smallest absolute Gasteiger partial charge is 0.323 e. The van der Waals surface area contributed by atoms with Crippen LogP contribution in [0.3, 0.4) is 0 Å². The maximum absolute atomic E-state index is 12.2. The summed E-state index contributed by atoms with van der Waals surface area (Å²) in [5.74, 6) is -3.26. The number of carbonyl (C=O) groups excluding carboxylic acids is 1. The molecule has 1 amide bonds. The SMILES string of the molecule is O=C(O)CN(CC(=O)O)C(=O)c1ccc2nccnc2c1. The van der Waals surface area contributed by atoms with E-state index in [1.807, 2.05) is 0 Å². The van der Waals surface area contributed by atoms with Crippen LogP contribution in [0.4, 0.5) is 0 Å². The average Bonchev–Trinajstić information content (AvgIpc) is 2.44. The van der Waals surface area contributed by atoms with Crippen molar-refractivity contribution in [2.45, 2.75) is 0 Å². The molecule has 0 fully saturated rings. The highest BCUT2D eigenvalue weighted by Crippen LogP contribution is 2.13. The molecule has 0 atom stereocenters. The lowest BCUT2D eigenvalue weighted by molar-refractivity contribution is -0.140. The second kappa shape index (κ2) is 5.95. The second-order valence-corrected chi connectivity index (χ2v) is 4.21. The van der Waals surface area contributed by atoms with Crippen LogP contribution in [0.1, 0.15) is 10.4 Å².